The zero-order valence-corrected chi connectivity index (χ0v) is 13.4. The van der Waals surface area contributed by atoms with E-state index >= 15 is 0 Å². The molecule has 16 heavy (non-hydrogen) atoms. The van der Waals surface area contributed by atoms with Gasteiger partial charge in [0.1, 0.15) is 4.34 Å². The molecule has 0 saturated carbocycles. The van der Waals surface area contributed by atoms with Gasteiger partial charge in [0.15, 0.2) is 0 Å². The van der Waals surface area contributed by atoms with Gasteiger partial charge < -0.3 is 5.32 Å². The Balaban J connectivity index is 2.62. The third-order valence-corrected chi connectivity index (χ3v) is 5.46. The number of thiophene rings is 1. The molecule has 0 amide bonds. The molecule has 1 N–H and O–H groups in total. The number of halogens is 2. The van der Waals surface area contributed by atoms with E-state index in [0.717, 1.165) is 21.8 Å². The van der Waals surface area contributed by atoms with Crippen LogP contribution in [0.1, 0.15) is 39.0 Å². The summed E-state index contributed by atoms with van der Waals surface area (Å²) in [5.74, 6) is 0. The van der Waals surface area contributed by atoms with Crippen LogP contribution in [-0.4, -0.2) is 12.6 Å². The van der Waals surface area contributed by atoms with Crippen molar-refractivity contribution in [3.63, 3.8) is 0 Å². The fraction of sp³-hybridized carbons (Fsp3) is 0.667. The van der Waals surface area contributed by atoms with Crippen LogP contribution in [-0.2, 0) is 5.41 Å². The van der Waals surface area contributed by atoms with Crippen LogP contribution in [0.15, 0.2) is 10.5 Å². The fourth-order valence-corrected chi connectivity index (χ4v) is 3.31. The number of nitrogens with one attached hydrogen (secondary N) is 1. The van der Waals surface area contributed by atoms with E-state index in [1.165, 1.54) is 4.88 Å². The second-order valence-corrected chi connectivity index (χ2v) is 7.48. The van der Waals surface area contributed by atoms with Crippen molar-refractivity contribution in [3.05, 3.63) is 19.8 Å². The Bertz CT molecular complexity index is 327. The Kier molecular flexibility index (Phi) is 5.30. The lowest BCUT2D eigenvalue weighted by molar-refractivity contribution is 0.448. The van der Waals surface area contributed by atoms with Crippen molar-refractivity contribution >= 4 is 38.9 Å². The second-order valence-electron chi connectivity index (χ2n) is 4.98. The van der Waals surface area contributed by atoms with E-state index in [9.17, 15) is 0 Å². The molecule has 92 valence electrons. The lowest BCUT2D eigenvalue weighted by atomic mass is 9.87. The summed E-state index contributed by atoms with van der Waals surface area (Å²) in [6.45, 7) is 9.92. The topological polar surface area (TPSA) is 12.0 Å². The normalized spacial score (nSPS) is 12.4. The molecular weight excluding hydrogens is 306 g/mol. The van der Waals surface area contributed by atoms with Crippen molar-refractivity contribution in [2.75, 3.05) is 6.54 Å². The highest BCUT2D eigenvalue weighted by Crippen LogP contribution is 2.39. The summed E-state index contributed by atoms with van der Waals surface area (Å²) < 4.78 is 1.86. The molecule has 0 radical (unpaired) electrons. The maximum Gasteiger partial charge on any atom is 0.107 e. The van der Waals surface area contributed by atoms with Gasteiger partial charge in [-0.05, 0) is 35.0 Å². The molecule has 0 aliphatic carbocycles. The SMILES string of the molecule is CC(C)NCCC(C)(C)c1cc(Br)c(Cl)s1. The zero-order chi connectivity index (χ0) is 12.3. The number of rotatable bonds is 5. The summed E-state index contributed by atoms with van der Waals surface area (Å²) in [6.07, 6.45) is 1.12. The molecule has 0 spiro atoms. The van der Waals surface area contributed by atoms with Gasteiger partial charge in [0.25, 0.3) is 0 Å². The first-order valence-electron chi connectivity index (χ1n) is 5.51. The van der Waals surface area contributed by atoms with E-state index in [1.54, 1.807) is 11.3 Å². The Morgan fingerprint density at radius 1 is 1.50 bits per heavy atom. The molecule has 1 heterocycles. The van der Waals surface area contributed by atoms with Gasteiger partial charge in [-0.25, -0.2) is 0 Å². The molecule has 1 rings (SSSR count). The van der Waals surface area contributed by atoms with Gasteiger partial charge in [0.05, 0.1) is 0 Å². The monoisotopic (exact) mass is 323 g/mol. The quantitative estimate of drug-likeness (QED) is 0.818. The van der Waals surface area contributed by atoms with E-state index in [0.29, 0.717) is 6.04 Å². The first-order chi connectivity index (χ1) is 7.33. The van der Waals surface area contributed by atoms with Gasteiger partial charge >= 0.3 is 0 Å². The summed E-state index contributed by atoms with van der Waals surface area (Å²) in [5.41, 5.74) is 0.183. The molecule has 0 unspecified atom stereocenters. The average Bonchev–Trinajstić information content (AvgIpc) is 2.46. The van der Waals surface area contributed by atoms with E-state index in [-0.39, 0.29) is 5.41 Å². The third-order valence-electron chi connectivity index (χ3n) is 2.61. The van der Waals surface area contributed by atoms with Crippen molar-refractivity contribution in [1.82, 2.24) is 5.32 Å². The smallest absolute Gasteiger partial charge is 0.107 e. The minimum absolute atomic E-state index is 0.183. The van der Waals surface area contributed by atoms with Gasteiger partial charge in [-0.2, -0.15) is 0 Å². The van der Waals surface area contributed by atoms with Crippen LogP contribution in [0.5, 0.6) is 0 Å². The Morgan fingerprint density at radius 3 is 2.56 bits per heavy atom. The van der Waals surface area contributed by atoms with Crippen molar-refractivity contribution in [3.8, 4) is 0 Å². The van der Waals surface area contributed by atoms with Crippen LogP contribution in [0, 0.1) is 0 Å². The van der Waals surface area contributed by atoms with Gasteiger partial charge in [-0.15, -0.1) is 11.3 Å². The Hall–Kier alpha value is 0.430. The summed E-state index contributed by atoms with van der Waals surface area (Å²) in [5, 5.41) is 3.45. The van der Waals surface area contributed by atoms with Crippen molar-refractivity contribution in [2.24, 2.45) is 0 Å². The van der Waals surface area contributed by atoms with Crippen molar-refractivity contribution in [1.29, 1.82) is 0 Å². The minimum atomic E-state index is 0.183. The van der Waals surface area contributed by atoms with Gasteiger partial charge in [0.2, 0.25) is 0 Å². The Morgan fingerprint density at radius 2 is 2.12 bits per heavy atom. The Labute approximate surface area is 116 Å². The maximum absolute atomic E-state index is 6.08. The first-order valence-corrected chi connectivity index (χ1v) is 7.50. The fourth-order valence-electron chi connectivity index (χ4n) is 1.48. The van der Waals surface area contributed by atoms with E-state index in [4.69, 9.17) is 11.6 Å². The molecule has 0 atom stereocenters. The van der Waals surface area contributed by atoms with Gasteiger partial charge in [0, 0.05) is 20.8 Å². The summed E-state index contributed by atoms with van der Waals surface area (Å²) in [6, 6.07) is 2.69. The lowest BCUT2D eigenvalue weighted by Gasteiger charge is -2.24. The third kappa shape index (κ3) is 4.02. The molecular formula is C12H19BrClNS. The molecule has 0 aliphatic heterocycles. The standard InChI is InChI=1S/C12H19BrClNS/c1-8(2)15-6-5-12(3,4)10-7-9(13)11(14)16-10/h7-8,15H,5-6H2,1-4H3. The molecule has 1 nitrogen and oxygen atoms in total. The molecule has 1 aromatic heterocycles. The molecule has 4 heteroatoms. The highest BCUT2D eigenvalue weighted by Gasteiger charge is 2.23. The van der Waals surface area contributed by atoms with Crippen LogP contribution >= 0.6 is 38.9 Å². The van der Waals surface area contributed by atoms with Crippen molar-refractivity contribution < 1.29 is 0 Å². The zero-order valence-electron chi connectivity index (χ0n) is 10.2. The molecule has 0 fully saturated rings. The molecule has 0 bridgehead atoms. The van der Waals surface area contributed by atoms with Crippen LogP contribution in [0.2, 0.25) is 4.34 Å². The van der Waals surface area contributed by atoms with E-state index in [1.807, 2.05) is 0 Å². The predicted octanol–water partition coefficient (Wildman–Crippen LogP) is 4.83. The highest BCUT2D eigenvalue weighted by atomic mass is 79.9. The average molecular weight is 325 g/mol. The number of hydrogen-bond acceptors (Lipinski definition) is 2. The lowest BCUT2D eigenvalue weighted by Crippen LogP contribution is -2.29. The first kappa shape index (κ1) is 14.5. The van der Waals surface area contributed by atoms with Crippen LogP contribution in [0.4, 0.5) is 0 Å². The van der Waals surface area contributed by atoms with Crippen LogP contribution in [0.25, 0.3) is 0 Å². The van der Waals surface area contributed by atoms with Crippen LogP contribution in [0.3, 0.4) is 0 Å². The predicted molar refractivity (Wildman–Crippen MR) is 77.8 cm³/mol. The second kappa shape index (κ2) is 5.85. The minimum Gasteiger partial charge on any atom is -0.315 e. The summed E-state index contributed by atoms with van der Waals surface area (Å²) in [4.78, 5) is 1.34. The van der Waals surface area contributed by atoms with E-state index < -0.39 is 0 Å². The number of hydrogen-bond donors (Lipinski definition) is 1. The molecule has 0 aliphatic rings. The molecule has 0 aromatic carbocycles. The summed E-state index contributed by atoms with van der Waals surface area (Å²) >= 11 is 11.2. The largest absolute Gasteiger partial charge is 0.315 e. The summed E-state index contributed by atoms with van der Waals surface area (Å²) in [7, 11) is 0. The van der Waals surface area contributed by atoms with Gasteiger partial charge in [-0.1, -0.05) is 39.3 Å². The highest BCUT2D eigenvalue weighted by molar-refractivity contribution is 9.10. The maximum atomic E-state index is 6.08. The molecule has 1 aromatic rings. The van der Waals surface area contributed by atoms with Crippen molar-refractivity contribution in [2.45, 2.75) is 45.6 Å². The van der Waals surface area contributed by atoms with E-state index in [2.05, 4.69) is 55.0 Å². The molecule has 0 saturated heterocycles. The van der Waals surface area contributed by atoms with Crippen LogP contribution < -0.4 is 5.32 Å². The van der Waals surface area contributed by atoms with Gasteiger partial charge in [-0.3, -0.25) is 0 Å².